The van der Waals surface area contributed by atoms with Gasteiger partial charge in [-0.2, -0.15) is 5.10 Å². The van der Waals surface area contributed by atoms with Gasteiger partial charge in [-0.05, 0) is 44.4 Å². The lowest BCUT2D eigenvalue weighted by Gasteiger charge is -2.33. The molecule has 2 heterocycles. The molecule has 2 aliphatic rings. The Kier molecular flexibility index (Phi) is 4.18. The molecular formula is C18H21BrN4O. The first kappa shape index (κ1) is 15.8. The Hall–Kier alpha value is -1.66. The second-order valence-electron chi connectivity index (χ2n) is 6.57. The van der Waals surface area contributed by atoms with Crippen LogP contribution in [0.3, 0.4) is 0 Å². The molecule has 1 saturated heterocycles. The molecule has 6 heteroatoms. The number of piperazine rings is 1. The van der Waals surface area contributed by atoms with Gasteiger partial charge in [-0.3, -0.25) is 4.79 Å². The summed E-state index contributed by atoms with van der Waals surface area (Å²) in [5.41, 5.74) is 4.00. The van der Waals surface area contributed by atoms with Gasteiger partial charge in [-0.1, -0.05) is 22.0 Å². The van der Waals surface area contributed by atoms with Crippen molar-refractivity contribution in [1.29, 1.82) is 0 Å². The van der Waals surface area contributed by atoms with E-state index in [0.29, 0.717) is 5.69 Å². The second-order valence-corrected chi connectivity index (χ2v) is 7.49. The lowest BCUT2D eigenvalue weighted by atomic mass is 10.1. The van der Waals surface area contributed by atoms with Crippen LogP contribution in [0.15, 0.2) is 28.7 Å². The highest BCUT2D eigenvalue weighted by atomic mass is 79.9. The van der Waals surface area contributed by atoms with Gasteiger partial charge in [0.15, 0.2) is 5.69 Å². The maximum atomic E-state index is 13.1. The molecular weight excluding hydrogens is 368 g/mol. The van der Waals surface area contributed by atoms with Gasteiger partial charge in [0, 0.05) is 41.4 Å². The first-order chi connectivity index (χ1) is 11.6. The Balaban J connectivity index is 1.75. The van der Waals surface area contributed by atoms with Crippen molar-refractivity contribution in [2.24, 2.45) is 0 Å². The molecule has 1 aliphatic carbocycles. The van der Waals surface area contributed by atoms with E-state index < -0.39 is 0 Å². The molecule has 0 radical (unpaired) electrons. The van der Waals surface area contributed by atoms with E-state index in [4.69, 9.17) is 5.10 Å². The van der Waals surface area contributed by atoms with Gasteiger partial charge >= 0.3 is 0 Å². The third kappa shape index (κ3) is 2.67. The van der Waals surface area contributed by atoms with Gasteiger partial charge < -0.3 is 10.2 Å². The van der Waals surface area contributed by atoms with Crippen LogP contribution in [0.5, 0.6) is 0 Å². The molecule has 1 amide bonds. The summed E-state index contributed by atoms with van der Waals surface area (Å²) in [5, 5.41) is 8.07. The average Bonchev–Trinajstić information content (AvgIpc) is 3.17. The fourth-order valence-electron chi connectivity index (χ4n) is 3.71. The van der Waals surface area contributed by atoms with Gasteiger partial charge in [-0.25, -0.2) is 4.68 Å². The number of carbonyl (C=O) groups is 1. The number of hydrogen-bond donors (Lipinski definition) is 1. The Morgan fingerprint density at radius 3 is 3.04 bits per heavy atom. The zero-order valence-electron chi connectivity index (χ0n) is 13.8. The van der Waals surface area contributed by atoms with Crippen molar-refractivity contribution >= 4 is 21.8 Å². The normalized spacial score (nSPS) is 20.2. The van der Waals surface area contributed by atoms with Crippen molar-refractivity contribution < 1.29 is 4.79 Å². The molecule has 24 heavy (non-hydrogen) atoms. The maximum absolute atomic E-state index is 13.1. The molecule has 0 spiro atoms. The molecule has 1 aromatic carbocycles. The van der Waals surface area contributed by atoms with Crippen LogP contribution in [-0.2, 0) is 12.8 Å². The summed E-state index contributed by atoms with van der Waals surface area (Å²) < 4.78 is 2.98. The highest BCUT2D eigenvalue weighted by molar-refractivity contribution is 9.10. The summed E-state index contributed by atoms with van der Waals surface area (Å²) >= 11 is 3.52. The molecule has 1 aliphatic heterocycles. The third-order valence-electron chi connectivity index (χ3n) is 4.95. The summed E-state index contributed by atoms with van der Waals surface area (Å²) in [5.74, 6) is 0.0795. The van der Waals surface area contributed by atoms with Crippen LogP contribution in [0.2, 0.25) is 0 Å². The van der Waals surface area contributed by atoms with E-state index in [0.717, 1.165) is 54.6 Å². The summed E-state index contributed by atoms with van der Waals surface area (Å²) in [7, 11) is 0. The molecule has 2 aromatic rings. The molecule has 0 bridgehead atoms. The van der Waals surface area contributed by atoms with Crippen molar-refractivity contribution in [2.75, 3.05) is 19.6 Å². The number of aromatic nitrogens is 2. The minimum atomic E-state index is 0.0795. The van der Waals surface area contributed by atoms with Crippen LogP contribution < -0.4 is 5.32 Å². The topological polar surface area (TPSA) is 50.2 Å². The van der Waals surface area contributed by atoms with Gasteiger partial charge in [0.2, 0.25) is 0 Å². The number of benzene rings is 1. The Labute approximate surface area is 150 Å². The summed E-state index contributed by atoms with van der Waals surface area (Å²) in [6.07, 6.45) is 3.03. The Morgan fingerprint density at radius 2 is 2.25 bits per heavy atom. The highest BCUT2D eigenvalue weighted by Crippen LogP contribution is 2.29. The van der Waals surface area contributed by atoms with E-state index in [-0.39, 0.29) is 11.9 Å². The molecule has 5 nitrogen and oxygen atoms in total. The number of fused-ring (bicyclic) bond motifs is 1. The number of nitrogens with zero attached hydrogens (tertiary/aromatic N) is 3. The van der Waals surface area contributed by atoms with Crippen molar-refractivity contribution in [2.45, 2.75) is 32.2 Å². The maximum Gasteiger partial charge on any atom is 0.274 e. The van der Waals surface area contributed by atoms with Gasteiger partial charge in [0.25, 0.3) is 5.91 Å². The zero-order valence-corrected chi connectivity index (χ0v) is 15.3. The lowest BCUT2D eigenvalue weighted by Crippen LogP contribution is -2.52. The van der Waals surface area contributed by atoms with Crippen molar-refractivity contribution in [3.63, 3.8) is 0 Å². The van der Waals surface area contributed by atoms with Gasteiger partial charge in [0.1, 0.15) is 0 Å². The number of hydrogen-bond acceptors (Lipinski definition) is 3. The van der Waals surface area contributed by atoms with Crippen LogP contribution in [0.4, 0.5) is 0 Å². The molecule has 0 unspecified atom stereocenters. The van der Waals surface area contributed by atoms with Crippen molar-refractivity contribution in [3.05, 3.63) is 45.7 Å². The number of amides is 1. The van der Waals surface area contributed by atoms with Gasteiger partial charge in [-0.15, -0.1) is 0 Å². The fraction of sp³-hybridized carbons (Fsp3) is 0.444. The fourth-order valence-corrected chi connectivity index (χ4v) is 4.10. The molecule has 4 rings (SSSR count). The minimum absolute atomic E-state index is 0.0795. The first-order valence-corrected chi connectivity index (χ1v) is 9.33. The Bertz CT molecular complexity index is 785. The van der Waals surface area contributed by atoms with E-state index in [2.05, 4.69) is 28.2 Å². The van der Waals surface area contributed by atoms with Crippen LogP contribution in [-0.4, -0.2) is 46.3 Å². The smallest absolute Gasteiger partial charge is 0.274 e. The highest BCUT2D eigenvalue weighted by Gasteiger charge is 2.32. The average molecular weight is 389 g/mol. The van der Waals surface area contributed by atoms with E-state index in [1.165, 1.54) is 5.69 Å². The van der Waals surface area contributed by atoms with Gasteiger partial charge in [0.05, 0.1) is 5.69 Å². The van der Waals surface area contributed by atoms with Crippen molar-refractivity contribution in [1.82, 2.24) is 20.0 Å². The van der Waals surface area contributed by atoms with Crippen LogP contribution >= 0.6 is 15.9 Å². The molecule has 1 N–H and O–H groups in total. The first-order valence-electron chi connectivity index (χ1n) is 8.53. The molecule has 1 aromatic heterocycles. The predicted molar refractivity (Wildman–Crippen MR) is 96.7 cm³/mol. The summed E-state index contributed by atoms with van der Waals surface area (Å²) in [6, 6.07) is 8.30. The van der Waals surface area contributed by atoms with Crippen LogP contribution in [0.1, 0.15) is 35.1 Å². The third-order valence-corrected chi connectivity index (χ3v) is 5.44. The number of rotatable bonds is 2. The number of nitrogens with one attached hydrogen (secondary N) is 1. The van der Waals surface area contributed by atoms with E-state index in [9.17, 15) is 4.79 Å². The predicted octanol–water partition coefficient (Wildman–Crippen LogP) is 2.56. The van der Waals surface area contributed by atoms with Crippen LogP contribution in [0, 0.1) is 0 Å². The van der Waals surface area contributed by atoms with Crippen molar-refractivity contribution in [3.8, 4) is 5.69 Å². The van der Waals surface area contributed by atoms with E-state index in [1.54, 1.807) is 0 Å². The second kappa shape index (κ2) is 6.33. The quantitative estimate of drug-likeness (QED) is 0.859. The lowest BCUT2D eigenvalue weighted by molar-refractivity contribution is 0.0648. The standard InChI is InChI=1S/C18H21BrN4O/c1-12-11-20-8-9-22(12)18(24)17-15-6-3-7-16(15)23(21-17)14-5-2-4-13(19)10-14/h2,4-5,10,12,20H,3,6-9,11H2,1H3/t12-/m1/s1. The molecule has 0 saturated carbocycles. The zero-order chi connectivity index (χ0) is 16.7. The van der Waals surface area contributed by atoms with E-state index in [1.807, 2.05) is 33.8 Å². The monoisotopic (exact) mass is 388 g/mol. The SMILES string of the molecule is C[C@@H]1CNCCN1C(=O)c1nn(-c2cccc(Br)c2)c2c1CCC2. The summed E-state index contributed by atoms with van der Waals surface area (Å²) in [6.45, 7) is 4.54. The molecule has 126 valence electrons. The summed E-state index contributed by atoms with van der Waals surface area (Å²) in [4.78, 5) is 15.1. The van der Waals surface area contributed by atoms with Crippen LogP contribution in [0.25, 0.3) is 5.69 Å². The number of carbonyl (C=O) groups excluding carboxylic acids is 1. The largest absolute Gasteiger partial charge is 0.332 e. The number of halogens is 1. The Morgan fingerprint density at radius 1 is 1.38 bits per heavy atom. The minimum Gasteiger partial charge on any atom is -0.332 e. The van der Waals surface area contributed by atoms with E-state index >= 15 is 0 Å². The molecule has 1 atom stereocenters. The molecule has 1 fully saturated rings.